The molecule has 1 atom stereocenters. The molecule has 1 fully saturated rings. The van der Waals surface area contributed by atoms with Gasteiger partial charge < -0.3 is 10.6 Å². The van der Waals surface area contributed by atoms with Gasteiger partial charge in [-0.1, -0.05) is 30.3 Å². The first-order chi connectivity index (χ1) is 11.6. The Hall–Kier alpha value is -1.91. The molecule has 24 heavy (non-hydrogen) atoms. The van der Waals surface area contributed by atoms with E-state index in [0.717, 1.165) is 26.2 Å². The largest absolute Gasteiger partial charge is 0.369 e. The minimum absolute atomic E-state index is 0.0491. The predicted octanol–water partition coefficient (Wildman–Crippen LogP) is 3.26. The monoisotopic (exact) mass is 327 g/mol. The van der Waals surface area contributed by atoms with Crippen molar-refractivity contribution < 1.29 is 4.39 Å². The van der Waals surface area contributed by atoms with Crippen LogP contribution in [0.1, 0.15) is 22.7 Å². The Morgan fingerprint density at radius 3 is 2.38 bits per heavy atom. The standard InChI is InChI=1S/C20H26FN3/c1-15-6-5-9-19(16(15)2)23-10-12-24(13-11-23)20(14-22)17-7-3-4-8-18(17)21/h3-9,20H,10-14,22H2,1-2H3. The van der Waals surface area contributed by atoms with Gasteiger partial charge in [0, 0.05) is 44.0 Å². The van der Waals surface area contributed by atoms with Crippen LogP contribution < -0.4 is 10.6 Å². The number of nitrogens with two attached hydrogens (primary N) is 1. The van der Waals surface area contributed by atoms with Gasteiger partial charge in [0.15, 0.2) is 0 Å². The fourth-order valence-electron chi connectivity index (χ4n) is 3.57. The Morgan fingerprint density at radius 1 is 1.00 bits per heavy atom. The van der Waals surface area contributed by atoms with Crippen LogP contribution in [0, 0.1) is 19.7 Å². The van der Waals surface area contributed by atoms with E-state index in [9.17, 15) is 4.39 Å². The maximum atomic E-state index is 14.1. The number of rotatable bonds is 4. The highest BCUT2D eigenvalue weighted by atomic mass is 19.1. The summed E-state index contributed by atoms with van der Waals surface area (Å²) in [5.74, 6) is -0.162. The lowest BCUT2D eigenvalue weighted by molar-refractivity contribution is 0.186. The van der Waals surface area contributed by atoms with Crippen LogP contribution in [0.5, 0.6) is 0 Å². The van der Waals surface area contributed by atoms with Crippen LogP contribution in [0.4, 0.5) is 10.1 Å². The fourth-order valence-corrected chi connectivity index (χ4v) is 3.57. The Morgan fingerprint density at radius 2 is 1.71 bits per heavy atom. The highest BCUT2D eigenvalue weighted by Gasteiger charge is 2.26. The predicted molar refractivity (Wildman–Crippen MR) is 97.9 cm³/mol. The van der Waals surface area contributed by atoms with E-state index in [1.165, 1.54) is 22.9 Å². The zero-order valence-electron chi connectivity index (χ0n) is 14.5. The van der Waals surface area contributed by atoms with Crippen molar-refractivity contribution in [3.8, 4) is 0 Å². The van der Waals surface area contributed by atoms with E-state index in [4.69, 9.17) is 5.73 Å². The van der Waals surface area contributed by atoms with Gasteiger partial charge in [0.05, 0.1) is 6.04 Å². The van der Waals surface area contributed by atoms with E-state index in [2.05, 4.69) is 41.8 Å². The van der Waals surface area contributed by atoms with E-state index in [-0.39, 0.29) is 11.9 Å². The smallest absolute Gasteiger partial charge is 0.128 e. The molecule has 1 unspecified atom stereocenters. The van der Waals surface area contributed by atoms with Crippen LogP contribution in [0.3, 0.4) is 0 Å². The molecule has 1 saturated heterocycles. The maximum Gasteiger partial charge on any atom is 0.128 e. The third kappa shape index (κ3) is 3.30. The molecule has 0 bridgehead atoms. The number of hydrogen-bond donors (Lipinski definition) is 1. The van der Waals surface area contributed by atoms with Crippen molar-refractivity contribution in [3.63, 3.8) is 0 Å². The topological polar surface area (TPSA) is 32.5 Å². The first-order valence-electron chi connectivity index (χ1n) is 8.61. The Bertz CT molecular complexity index is 693. The van der Waals surface area contributed by atoms with Crippen molar-refractivity contribution in [2.45, 2.75) is 19.9 Å². The highest BCUT2D eigenvalue weighted by Crippen LogP contribution is 2.27. The van der Waals surface area contributed by atoms with E-state index in [1.54, 1.807) is 6.07 Å². The average molecular weight is 327 g/mol. The van der Waals surface area contributed by atoms with Gasteiger partial charge in [-0.3, -0.25) is 4.90 Å². The summed E-state index contributed by atoms with van der Waals surface area (Å²) in [4.78, 5) is 4.73. The molecule has 0 radical (unpaired) electrons. The van der Waals surface area contributed by atoms with E-state index in [0.29, 0.717) is 12.1 Å². The second-order valence-corrected chi connectivity index (χ2v) is 6.52. The zero-order chi connectivity index (χ0) is 17.1. The summed E-state index contributed by atoms with van der Waals surface area (Å²) in [6, 6.07) is 13.4. The van der Waals surface area contributed by atoms with E-state index < -0.39 is 0 Å². The molecule has 2 aromatic carbocycles. The summed E-state index contributed by atoms with van der Waals surface area (Å²) < 4.78 is 14.1. The van der Waals surface area contributed by atoms with Crippen LogP contribution in [0.25, 0.3) is 0 Å². The van der Waals surface area contributed by atoms with Crippen molar-refractivity contribution in [2.75, 3.05) is 37.6 Å². The van der Waals surface area contributed by atoms with E-state index in [1.807, 2.05) is 12.1 Å². The van der Waals surface area contributed by atoms with E-state index >= 15 is 0 Å². The third-order valence-corrected chi connectivity index (χ3v) is 5.16. The van der Waals surface area contributed by atoms with Crippen molar-refractivity contribution >= 4 is 5.69 Å². The number of hydrogen-bond acceptors (Lipinski definition) is 3. The normalized spacial score (nSPS) is 17.1. The van der Waals surface area contributed by atoms with Crippen LogP contribution in [0.15, 0.2) is 42.5 Å². The molecule has 2 N–H and O–H groups in total. The number of anilines is 1. The van der Waals surface area contributed by atoms with Gasteiger partial charge in [-0.2, -0.15) is 0 Å². The Balaban J connectivity index is 1.72. The summed E-state index contributed by atoms with van der Waals surface area (Å²) >= 11 is 0. The number of nitrogens with zero attached hydrogens (tertiary/aromatic N) is 2. The number of aryl methyl sites for hydroxylation is 1. The minimum Gasteiger partial charge on any atom is -0.369 e. The van der Waals surface area contributed by atoms with Crippen LogP contribution in [-0.2, 0) is 0 Å². The first-order valence-corrected chi connectivity index (χ1v) is 8.61. The minimum atomic E-state index is -0.162. The molecule has 0 spiro atoms. The molecular weight excluding hydrogens is 301 g/mol. The van der Waals surface area contributed by atoms with Crippen molar-refractivity contribution in [3.05, 3.63) is 65.0 Å². The van der Waals surface area contributed by atoms with Gasteiger partial charge in [0.25, 0.3) is 0 Å². The molecule has 4 heteroatoms. The Labute approximate surface area is 143 Å². The first kappa shape index (κ1) is 16.9. The molecule has 0 aromatic heterocycles. The molecule has 3 nitrogen and oxygen atoms in total. The average Bonchev–Trinajstić information content (AvgIpc) is 2.60. The van der Waals surface area contributed by atoms with Crippen LogP contribution in [-0.4, -0.2) is 37.6 Å². The highest BCUT2D eigenvalue weighted by molar-refractivity contribution is 5.56. The van der Waals surface area contributed by atoms with Gasteiger partial charge in [0.2, 0.25) is 0 Å². The number of piperazine rings is 1. The molecule has 3 rings (SSSR count). The molecule has 1 aliphatic rings. The van der Waals surface area contributed by atoms with Gasteiger partial charge in [-0.05, 0) is 37.1 Å². The molecule has 0 aliphatic carbocycles. The summed E-state index contributed by atoms with van der Waals surface area (Å²) in [6.07, 6.45) is 0. The lowest BCUT2D eigenvalue weighted by Gasteiger charge is -2.40. The van der Waals surface area contributed by atoms with Gasteiger partial charge in [-0.15, -0.1) is 0 Å². The summed E-state index contributed by atoms with van der Waals surface area (Å²) in [5.41, 5.74) is 10.7. The number of halogens is 1. The second-order valence-electron chi connectivity index (χ2n) is 6.52. The molecule has 0 amide bonds. The molecule has 1 heterocycles. The van der Waals surface area contributed by atoms with Crippen LogP contribution >= 0.6 is 0 Å². The van der Waals surface area contributed by atoms with Gasteiger partial charge >= 0.3 is 0 Å². The summed E-state index contributed by atoms with van der Waals surface area (Å²) in [7, 11) is 0. The molecular formula is C20H26FN3. The molecule has 0 saturated carbocycles. The lowest BCUT2D eigenvalue weighted by Crippen LogP contribution is -2.49. The van der Waals surface area contributed by atoms with Crippen molar-refractivity contribution in [1.82, 2.24) is 4.90 Å². The SMILES string of the molecule is Cc1cccc(N2CCN(C(CN)c3ccccc3F)CC2)c1C. The van der Waals surface area contributed by atoms with Crippen molar-refractivity contribution in [1.29, 1.82) is 0 Å². The summed E-state index contributed by atoms with van der Waals surface area (Å²) in [5, 5.41) is 0. The lowest BCUT2D eigenvalue weighted by atomic mass is 10.0. The Kier molecular flexibility index (Phi) is 5.17. The fraction of sp³-hybridized carbons (Fsp3) is 0.400. The summed E-state index contributed by atoms with van der Waals surface area (Å²) in [6.45, 7) is 8.43. The quantitative estimate of drug-likeness (QED) is 0.935. The molecule has 2 aromatic rings. The maximum absolute atomic E-state index is 14.1. The molecule has 128 valence electrons. The van der Waals surface area contributed by atoms with Crippen molar-refractivity contribution in [2.24, 2.45) is 5.73 Å². The second kappa shape index (κ2) is 7.32. The number of benzene rings is 2. The van der Waals surface area contributed by atoms with Crippen LogP contribution in [0.2, 0.25) is 0 Å². The third-order valence-electron chi connectivity index (χ3n) is 5.16. The van der Waals surface area contributed by atoms with Gasteiger partial charge in [-0.25, -0.2) is 4.39 Å². The molecule has 1 aliphatic heterocycles. The van der Waals surface area contributed by atoms with Gasteiger partial charge in [0.1, 0.15) is 5.82 Å². The zero-order valence-corrected chi connectivity index (χ0v) is 14.5.